The largest absolute Gasteiger partial charge is 0.302 e. The van der Waals surface area contributed by atoms with Crippen molar-refractivity contribution in [2.75, 3.05) is 19.6 Å². The van der Waals surface area contributed by atoms with Crippen molar-refractivity contribution >= 4 is 34.1 Å². The van der Waals surface area contributed by atoms with Crippen molar-refractivity contribution < 1.29 is 0 Å². The molecule has 124 valence electrons. The van der Waals surface area contributed by atoms with E-state index < -0.39 is 0 Å². The normalized spacial score (nSPS) is 19.6. The van der Waals surface area contributed by atoms with E-state index in [2.05, 4.69) is 35.9 Å². The maximum atomic E-state index is 6.50. The molecule has 1 aliphatic rings. The van der Waals surface area contributed by atoms with Crippen molar-refractivity contribution in [1.82, 2.24) is 9.88 Å². The van der Waals surface area contributed by atoms with Crippen LogP contribution in [-0.2, 0) is 0 Å². The Morgan fingerprint density at radius 1 is 1.35 bits per heavy atom. The van der Waals surface area contributed by atoms with E-state index in [-0.39, 0.29) is 0 Å². The lowest BCUT2D eigenvalue weighted by atomic mass is 10.1. The number of nitrogens with zero attached hydrogens (tertiary/aromatic N) is 2. The number of hydrogen-bond donors (Lipinski definition) is 0. The Labute approximate surface area is 148 Å². The minimum atomic E-state index is 0.646. The zero-order valence-electron chi connectivity index (χ0n) is 14.0. The van der Waals surface area contributed by atoms with Gasteiger partial charge in [0.2, 0.25) is 0 Å². The standard InChI is InChI=1S/C19H25ClN2S/c1-14(2)6-9-22-8-3-4-17(13-22)23-19-11-15-5-7-21-12-16(15)10-18(19)20/h5,7,10-12,14,17H,3-4,6,8-9,13H2,1-2H3. The van der Waals surface area contributed by atoms with Gasteiger partial charge in [0.15, 0.2) is 0 Å². The molecule has 2 aromatic rings. The first-order valence-electron chi connectivity index (χ1n) is 8.54. The van der Waals surface area contributed by atoms with Gasteiger partial charge in [0.25, 0.3) is 0 Å². The van der Waals surface area contributed by atoms with Gasteiger partial charge in [0.1, 0.15) is 0 Å². The molecule has 0 radical (unpaired) electrons. The summed E-state index contributed by atoms with van der Waals surface area (Å²) in [4.78, 5) is 8.01. The first-order chi connectivity index (χ1) is 11.1. The molecule has 1 saturated heterocycles. The molecular formula is C19H25ClN2S. The Kier molecular flexibility index (Phi) is 5.84. The molecule has 1 atom stereocenters. The Morgan fingerprint density at radius 2 is 2.22 bits per heavy atom. The predicted octanol–water partition coefficient (Wildman–Crippen LogP) is 5.49. The number of rotatable bonds is 5. The van der Waals surface area contributed by atoms with E-state index in [1.807, 2.05) is 30.2 Å². The van der Waals surface area contributed by atoms with E-state index in [0.29, 0.717) is 5.25 Å². The number of piperidine rings is 1. The Morgan fingerprint density at radius 3 is 3.04 bits per heavy atom. The van der Waals surface area contributed by atoms with E-state index in [9.17, 15) is 0 Å². The summed E-state index contributed by atoms with van der Waals surface area (Å²) in [5.74, 6) is 0.784. The number of hydrogen-bond acceptors (Lipinski definition) is 3. The van der Waals surface area contributed by atoms with Gasteiger partial charge in [-0.15, -0.1) is 11.8 Å². The zero-order valence-corrected chi connectivity index (χ0v) is 15.5. The molecule has 0 bridgehead atoms. The Balaban J connectivity index is 1.67. The monoisotopic (exact) mass is 348 g/mol. The smallest absolute Gasteiger partial charge is 0.0548 e. The highest BCUT2D eigenvalue weighted by atomic mass is 35.5. The highest BCUT2D eigenvalue weighted by molar-refractivity contribution is 8.00. The van der Waals surface area contributed by atoms with E-state index in [0.717, 1.165) is 16.3 Å². The van der Waals surface area contributed by atoms with Gasteiger partial charge in [0, 0.05) is 34.5 Å². The molecule has 1 aromatic carbocycles. The number of thioether (sulfide) groups is 1. The highest BCUT2D eigenvalue weighted by Crippen LogP contribution is 2.36. The summed E-state index contributed by atoms with van der Waals surface area (Å²) >= 11 is 8.45. The maximum Gasteiger partial charge on any atom is 0.0548 e. The van der Waals surface area contributed by atoms with Crippen molar-refractivity contribution in [1.29, 1.82) is 0 Å². The predicted molar refractivity (Wildman–Crippen MR) is 102 cm³/mol. The van der Waals surface area contributed by atoms with Crippen LogP contribution in [0.2, 0.25) is 5.02 Å². The van der Waals surface area contributed by atoms with Crippen LogP contribution in [0.15, 0.2) is 35.5 Å². The summed E-state index contributed by atoms with van der Waals surface area (Å²) in [6.07, 6.45) is 7.60. The van der Waals surface area contributed by atoms with Crippen molar-refractivity contribution in [3.63, 3.8) is 0 Å². The van der Waals surface area contributed by atoms with Crippen LogP contribution < -0.4 is 0 Å². The number of halogens is 1. The molecule has 3 rings (SSSR count). The molecule has 23 heavy (non-hydrogen) atoms. The molecule has 1 unspecified atom stereocenters. The molecule has 2 heterocycles. The first kappa shape index (κ1) is 17.1. The lowest BCUT2D eigenvalue weighted by Crippen LogP contribution is -2.37. The summed E-state index contributed by atoms with van der Waals surface area (Å²) in [6, 6.07) is 6.33. The maximum absolute atomic E-state index is 6.50. The quantitative estimate of drug-likeness (QED) is 0.710. The second kappa shape index (κ2) is 7.87. The number of likely N-dealkylation sites (tertiary alicyclic amines) is 1. The van der Waals surface area contributed by atoms with Crippen molar-refractivity contribution in [2.45, 2.75) is 43.3 Å². The van der Waals surface area contributed by atoms with Gasteiger partial charge in [-0.3, -0.25) is 4.98 Å². The topological polar surface area (TPSA) is 16.1 Å². The molecule has 1 aromatic heterocycles. The van der Waals surface area contributed by atoms with Crippen LogP contribution in [-0.4, -0.2) is 34.8 Å². The molecule has 1 aliphatic heterocycles. The van der Waals surface area contributed by atoms with Crippen LogP contribution in [0.25, 0.3) is 10.8 Å². The van der Waals surface area contributed by atoms with E-state index in [1.54, 1.807) is 0 Å². The van der Waals surface area contributed by atoms with E-state index >= 15 is 0 Å². The summed E-state index contributed by atoms with van der Waals surface area (Å²) in [7, 11) is 0. The molecule has 0 amide bonds. The lowest BCUT2D eigenvalue weighted by Gasteiger charge is -2.33. The van der Waals surface area contributed by atoms with E-state index in [4.69, 9.17) is 11.6 Å². The average Bonchev–Trinajstić information content (AvgIpc) is 2.54. The molecule has 0 spiro atoms. The zero-order chi connectivity index (χ0) is 16.2. The van der Waals surface area contributed by atoms with Gasteiger partial charge in [0.05, 0.1) is 5.02 Å². The summed E-state index contributed by atoms with van der Waals surface area (Å²) in [5, 5.41) is 3.84. The minimum Gasteiger partial charge on any atom is -0.302 e. The average molecular weight is 349 g/mol. The van der Waals surface area contributed by atoms with E-state index in [1.165, 1.54) is 49.2 Å². The molecule has 0 saturated carbocycles. The summed E-state index contributed by atoms with van der Waals surface area (Å²) in [5.41, 5.74) is 0. The van der Waals surface area contributed by atoms with Crippen LogP contribution in [0.3, 0.4) is 0 Å². The first-order valence-corrected chi connectivity index (χ1v) is 9.80. The second-order valence-corrected chi connectivity index (χ2v) is 8.62. The Bertz CT molecular complexity index is 659. The third-order valence-corrected chi connectivity index (χ3v) is 6.20. The van der Waals surface area contributed by atoms with Crippen molar-refractivity contribution in [3.05, 3.63) is 35.6 Å². The third kappa shape index (κ3) is 4.62. The van der Waals surface area contributed by atoms with Crippen LogP contribution in [0.1, 0.15) is 33.1 Å². The number of fused-ring (bicyclic) bond motifs is 1. The minimum absolute atomic E-state index is 0.646. The van der Waals surface area contributed by atoms with Crippen molar-refractivity contribution in [3.8, 4) is 0 Å². The van der Waals surface area contributed by atoms with Crippen LogP contribution in [0, 0.1) is 5.92 Å². The lowest BCUT2D eigenvalue weighted by molar-refractivity contribution is 0.222. The number of aromatic nitrogens is 1. The molecule has 0 N–H and O–H groups in total. The van der Waals surface area contributed by atoms with Gasteiger partial charge in [-0.2, -0.15) is 0 Å². The molecule has 1 fully saturated rings. The SMILES string of the molecule is CC(C)CCN1CCCC(Sc2cc3ccncc3cc2Cl)C1. The Hall–Kier alpha value is -0.770. The fourth-order valence-electron chi connectivity index (χ4n) is 3.11. The fourth-order valence-corrected chi connectivity index (χ4v) is 4.71. The summed E-state index contributed by atoms with van der Waals surface area (Å²) in [6.45, 7) is 8.27. The van der Waals surface area contributed by atoms with Gasteiger partial charge in [-0.05, 0) is 61.9 Å². The van der Waals surface area contributed by atoms with Gasteiger partial charge in [-0.25, -0.2) is 0 Å². The molecular weight excluding hydrogens is 324 g/mol. The van der Waals surface area contributed by atoms with Crippen LogP contribution in [0.5, 0.6) is 0 Å². The second-order valence-electron chi connectivity index (χ2n) is 6.87. The highest BCUT2D eigenvalue weighted by Gasteiger charge is 2.21. The molecule has 2 nitrogen and oxygen atoms in total. The molecule has 0 aliphatic carbocycles. The summed E-state index contributed by atoms with van der Waals surface area (Å²) < 4.78 is 0. The number of pyridine rings is 1. The number of benzene rings is 1. The fraction of sp³-hybridized carbons (Fsp3) is 0.526. The molecule has 4 heteroatoms. The third-order valence-electron chi connectivity index (χ3n) is 4.47. The van der Waals surface area contributed by atoms with Crippen LogP contribution >= 0.6 is 23.4 Å². The van der Waals surface area contributed by atoms with Gasteiger partial charge < -0.3 is 4.90 Å². The van der Waals surface area contributed by atoms with Gasteiger partial charge in [-0.1, -0.05) is 25.4 Å². The van der Waals surface area contributed by atoms with Crippen LogP contribution in [0.4, 0.5) is 0 Å². The van der Waals surface area contributed by atoms with Gasteiger partial charge >= 0.3 is 0 Å². The van der Waals surface area contributed by atoms with Crippen molar-refractivity contribution in [2.24, 2.45) is 5.92 Å².